The third-order valence-corrected chi connectivity index (χ3v) is 5.41. The van der Waals surface area contributed by atoms with E-state index in [9.17, 15) is 4.79 Å². The molecule has 7 nitrogen and oxygen atoms in total. The third-order valence-electron chi connectivity index (χ3n) is 5.41. The van der Waals surface area contributed by atoms with Crippen molar-refractivity contribution in [3.05, 3.63) is 0 Å². The van der Waals surface area contributed by atoms with Gasteiger partial charge in [0.2, 0.25) is 5.91 Å². The smallest absolute Gasteiger partial charge is 0.224 e. The molecule has 0 radical (unpaired) electrons. The zero-order valence-electron chi connectivity index (χ0n) is 15.6. The average Bonchev–Trinajstić information content (AvgIpc) is 3.33. The van der Waals surface area contributed by atoms with Crippen molar-refractivity contribution in [3.8, 4) is 0 Å². The zero-order chi connectivity index (χ0) is 17.5. The van der Waals surface area contributed by atoms with Crippen molar-refractivity contribution in [2.24, 2.45) is 4.99 Å². The molecule has 0 saturated carbocycles. The summed E-state index contributed by atoms with van der Waals surface area (Å²) < 4.78 is 5.46. The standard InChI is InChI=1S/C18H33N5O2/c1-2-19-18(20-7-5-17(24)22-8-3-4-9-22)23-10-6-16(15-23)21-11-13-25-14-12-21/h16H,2-15H2,1H3,(H,19,20). The van der Waals surface area contributed by atoms with Crippen LogP contribution in [0.2, 0.25) is 0 Å². The van der Waals surface area contributed by atoms with E-state index in [0.29, 0.717) is 19.0 Å². The predicted octanol–water partition coefficient (Wildman–Crippen LogP) is 0.371. The molecule has 3 aliphatic rings. The number of nitrogens with one attached hydrogen (secondary N) is 1. The Hall–Kier alpha value is -1.34. The number of ether oxygens (including phenoxy) is 1. The van der Waals surface area contributed by atoms with E-state index in [1.807, 2.05) is 4.90 Å². The summed E-state index contributed by atoms with van der Waals surface area (Å²) >= 11 is 0. The molecule has 0 aromatic rings. The molecule has 0 aliphatic carbocycles. The van der Waals surface area contributed by atoms with Crippen molar-refractivity contribution in [3.63, 3.8) is 0 Å². The number of carbonyl (C=O) groups is 1. The highest BCUT2D eigenvalue weighted by molar-refractivity contribution is 5.81. The van der Waals surface area contributed by atoms with E-state index in [1.165, 1.54) is 6.42 Å². The van der Waals surface area contributed by atoms with E-state index in [-0.39, 0.29) is 5.91 Å². The first kappa shape index (κ1) is 18.5. The van der Waals surface area contributed by atoms with Gasteiger partial charge < -0.3 is 19.9 Å². The minimum Gasteiger partial charge on any atom is -0.379 e. The van der Waals surface area contributed by atoms with Crippen LogP contribution in [0.1, 0.15) is 32.6 Å². The van der Waals surface area contributed by atoms with Crippen LogP contribution in [-0.4, -0.2) is 98.2 Å². The summed E-state index contributed by atoms with van der Waals surface area (Å²) in [6.45, 7) is 11.2. The van der Waals surface area contributed by atoms with Gasteiger partial charge in [-0.2, -0.15) is 0 Å². The molecule has 0 spiro atoms. The van der Waals surface area contributed by atoms with Gasteiger partial charge in [-0.1, -0.05) is 0 Å². The van der Waals surface area contributed by atoms with Crippen molar-refractivity contribution in [2.45, 2.75) is 38.6 Å². The molecule has 0 aromatic heterocycles. The highest BCUT2D eigenvalue weighted by Crippen LogP contribution is 2.17. The van der Waals surface area contributed by atoms with Crippen LogP contribution in [0.25, 0.3) is 0 Å². The average molecular weight is 351 g/mol. The second-order valence-electron chi connectivity index (χ2n) is 7.11. The molecule has 1 atom stereocenters. The largest absolute Gasteiger partial charge is 0.379 e. The van der Waals surface area contributed by atoms with Gasteiger partial charge in [-0.3, -0.25) is 14.7 Å². The summed E-state index contributed by atoms with van der Waals surface area (Å²) in [4.78, 5) is 23.8. The van der Waals surface area contributed by atoms with E-state index >= 15 is 0 Å². The molecule has 25 heavy (non-hydrogen) atoms. The van der Waals surface area contributed by atoms with E-state index in [1.54, 1.807) is 0 Å². The number of nitrogens with zero attached hydrogens (tertiary/aromatic N) is 4. The van der Waals surface area contributed by atoms with Gasteiger partial charge in [-0.05, 0) is 26.2 Å². The van der Waals surface area contributed by atoms with Crippen LogP contribution < -0.4 is 5.32 Å². The normalized spacial score (nSPS) is 25.6. The monoisotopic (exact) mass is 351 g/mol. The molecule has 1 amide bonds. The van der Waals surface area contributed by atoms with E-state index in [0.717, 1.165) is 77.8 Å². The molecule has 3 heterocycles. The van der Waals surface area contributed by atoms with E-state index in [4.69, 9.17) is 9.73 Å². The molecule has 0 bridgehead atoms. The molecule has 0 aromatic carbocycles. The van der Waals surface area contributed by atoms with Crippen LogP contribution in [0.3, 0.4) is 0 Å². The van der Waals surface area contributed by atoms with Gasteiger partial charge in [0.15, 0.2) is 5.96 Å². The molecule has 1 unspecified atom stereocenters. The first-order valence-electron chi connectivity index (χ1n) is 9.90. The highest BCUT2D eigenvalue weighted by Gasteiger charge is 2.30. The van der Waals surface area contributed by atoms with Crippen molar-refractivity contribution in [2.75, 3.05) is 65.6 Å². The summed E-state index contributed by atoms with van der Waals surface area (Å²) in [5.74, 6) is 1.22. The van der Waals surface area contributed by atoms with Gasteiger partial charge in [-0.25, -0.2) is 0 Å². The zero-order valence-corrected chi connectivity index (χ0v) is 15.6. The lowest BCUT2D eigenvalue weighted by Crippen LogP contribution is -2.46. The fraction of sp³-hybridized carbons (Fsp3) is 0.889. The van der Waals surface area contributed by atoms with Crippen LogP contribution >= 0.6 is 0 Å². The van der Waals surface area contributed by atoms with Crippen molar-refractivity contribution in [1.82, 2.24) is 20.0 Å². The fourth-order valence-electron chi connectivity index (χ4n) is 3.98. The summed E-state index contributed by atoms with van der Waals surface area (Å²) in [6, 6.07) is 0.596. The first-order chi connectivity index (χ1) is 12.3. The second-order valence-corrected chi connectivity index (χ2v) is 7.11. The van der Waals surface area contributed by atoms with Gasteiger partial charge in [0, 0.05) is 58.3 Å². The number of morpholine rings is 1. The van der Waals surface area contributed by atoms with Gasteiger partial charge >= 0.3 is 0 Å². The molecule has 3 fully saturated rings. The molecule has 3 rings (SSSR count). The maximum Gasteiger partial charge on any atom is 0.224 e. The molecule has 3 aliphatic heterocycles. The summed E-state index contributed by atoms with van der Waals surface area (Å²) in [6.07, 6.45) is 4.00. The molecular weight excluding hydrogens is 318 g/mol. The fourth-order valence-corrected chi connectivity index (χ4v) is 3.98. The maximum atomic E-state index is 12.2. The topological polar surface area (TPSA) is 60.4 Å². The lowest BCUT2D eigenvalue weighted by Gasteiger charge is -2.32. The lowest BCUT2D eigenvalue weighted by molar-refractivity contribution is -0.129. The van der Waals surface area contributed by atoms with Crippen molar-refractivity contribution in [1.29, 1.82) is 0 Å². The van der Waals surface area contributed by atoms with Crippen LogP contribution in [0, 0.1) is 0 Å². The maximum absolute atomic E-state index is 12.2. The van der Waals surface area contributed by atoms with Gasteiger partial charge in [0.05, 0.1) is 19.8 Å². The van der Waals surface area contributed by atoms with Gasteiger partial charge in [0.1, 0.15) is 0 Å². The molecular formula is C18H33N5O2. The van der Waals surface area contributed by atoms with Crippen molar-refractivity contribution >= 4 is 11.9 Å². The Morgan fingerprint density at radius 1 is 1.12 bits per heavy atom. The number of hydrogen-bond donors (Lipinski definition) is 1. The number of rotatable bonds is 5. The van der Waals surface area contributed by atoms with E-state index in [2.05, 4.69) is 22.0 Å². The molecule has 7 heteroatoms. The third kappa shape index (κ3) is 5.07. The Kier molecular flexibility index (Phi) is 6.93. The van der Waals surface area contributed by atoms with Gasteiger partial charge in [0.25, 0.3) is 0 Å². The van der Waals surface area contributed by atoms with Crippen LogP contribution in [0.5, 0.6) is 0 Å². The Labute approximate surface area is 151 Å². The van der Waals surface area contributed by atoms with Crippen LogP contribution in [0.15, 0.2) is 4.99 Å². The number of hydrogen-bond acceptors (Lipinski definition) is 4. The van der Waals surface area contributed by atoms with E-state index < -0.39 is 0 Å². The van der Waals surface area contributed by atoms with Crippen LogP contribution in [0.4, 0.5) is 0 Å². The Morgan fingerprint density at radius 3 is 2.60 bits per heavy atom. The SMILES string of the molecule is CCNC(=NCCC(=O)N1CCCC1)N1CCC(N2CCOCC2)C1. The Morgan fingerprint density at radius 2 is 1.88 bits per heavy atom. The lowest BCUT2D eigenvalue weighted by atomic mass is 10.2. The number of guanidine groups is 1. The quantitative estimate of drug-likeness (QED) is 0.573. The minimum atomic E-state index is 0.254. The molecule has 3 saturated heterocycles. The highest BCUT2D eigenvalue weighted by atomic mass is 16.5. The number of amides is 1. The van der Waals surface area contributed by atoms with Crippen LogP contribution in [-0.2, 0) is 9.53 Å². The number of likely N-dealkylation sites (tertiary alicyclic amines) is 2. The second kappa shape index (κ2) is 9.38. The predicted molar refractivity (Wildman–Crippen MR) is 98.8 cm³/mol. The first-order valence-corrected chi connectivity index (χ1v) is 9.90. The molecule has 142 valence electrons. The number of aliphatic imine (C=N–C) groups is 1. The van der Waals surface area contributed by atoms with Gasteiger partial charge in [-0.15, -0.1) is 0 Å². The Bertz CT molecular complexity index is 458. The molecule has 1 N–H and O–H groups in total. The summed E-state index contributed by atoms with van der Waals surface area (Å²) in [5, 5.41) is 3.40. The van der Waals surface area contributed by atoms with Crippen molar-refractivity contribution < 1.29 is 9.53 Å². The Balaban J connectivity index is 1.48. The summed E-state index contributed by atoms with van der Waals surface area (Å²) in [7, 11) is 0. The minimum absolute atomic E-state index is 0.254. The number of carbonyl (C=O) groups excluding carboxylic acids is 1. The summed E-state index contributed by atoms with van der Waals surface area (Å²) in [5.41, 5.74) is 0.